The summed E-state index contributed by atoms with van der Waals surface area (Å²) in [6.45, 7) is 1.14. The highest BCUT2D eigenvalue weighted by molar-refractivity contribution is 5.53. The Balaban J connectivity index is 1.55. The van der Waals surface area contributed by atoms with Gasteiger partial charge in [-0.05, 0) is 48.5 Å². The zero-order chi connectivity index (χ0) is 20.8. The molecule has 0 bridgehead atoms. The van der Waals surface area contributed by atoms with Gasteiger partial charge >= 0.3 is 0 Å². The Kier molecular flexibility index (Phi) is 5.78. The van der Waals surface area contributed by atoms with Crippen LogP contribution >= 0.6 is 0 Å². The minimum atomic E-state index is 0.559. The molecule has 0 atom stereocenters. The Labute approximate surface area is 176 Å². The molecule has 3 aromatic carbocycles. The molecule has 0 fully saturated rings. The minimum Gasteiger partial charge on any atom is -0.497 e. The van der Waals surface area contributed by atoms with Crippen molar-refractivity contribution >= 4 is 0 Å². The molecule has 0 saturated heterocycles. The molecule has 0 aromatic heterocycles. The number of fused-ring (bicyclic) bond motifs is 1. The lowest BCUT2D eigenvalue weighted by atomic mass is 10.1. The molecule has 4 rings (SSSR count). The van der Waals surface area contributed by atoms with Crippen LogP contribution in [0, 0.1) is 23.7 Å². The first-order valence-corrected chi connectivity index (χ1v) is 9.50. The highest BCUT2D eigenvalue weighted by Gasteiger charge is 2.10. The van der Waals surface area contributed by atoms with Crippen molar-refractivity contribution in [2.24, 2.45) is 0 Å². The summed E-state index contributed by atoms with van der Waals surface area (Å²) in [4.78, 5) is 0. The topological polar surface area (TPSA) is 36.9 Å². The fourth-order valence-corrected chi connectivity index (χ4v) is 2.96. The van der Waals surface area contributed by atoms with E-state index in [-0.39, 0.29) is 0 Å². The van der Waals surface area contributed by atoms with Gasteiger partial charge < -0.3 is 18.9 Å². The maximum atomic E-state index is 5.61. The zero-order valence-electron chi connectivity index (χ0n) is 16.8. The zero-order valence-corrected chi connectivity index (χ0v) is 16.8. The Hall–Kier alpha value is -4.02. The maximum absolute atomic E-state index is 5.61. The van der Waals surface area contributed by atoms with Gasteiger partial charge in [-0.15, -0.1) is 0 Å². The summed E-state index contributed by atoms with van der Waals surface area (Å²) in [6.07, 6.45) is 0. The molecule has 0 radical (unpaired) electrons. The molecule has 4 heteroatoms. The van der Waals surface area contributed by atoms with Crippen molar-refractivity contribution in [3.63, 3.8) is 0 Å². The molecule has 3 aromatic rings. The van der Waals surface area contributed by atoms with Crippen molar-refractivity contribution in [3.05, 3.63) is 82.9 Å². The third-order valence-corrected chi connectivity index (χ3v) is 4.46. The standard InChI is InChI=1S/C26H20O4/c1-27-23-15-22(16-24(18-23)28-2)9-8-20-5-3-4-19(14-20)6-7-21-10-11-25-26(17-21)30-13-12-29-25/h3-5,10-11,14-18H,12-13H2,1-2H3. The van der Waals surface area contributed by atoms with Crippen LogP contribution in [0.4, 0.5) is 0 Å². The van der Waals surface area contributed by atoms with E-state index >= 15 is 0 Å². The molecule has 0 N–H and O–H groups in total. The fraction of sp³-hybridized carbons (Fsp3) is 0.154. The summed E-state index contributed by atoms with van der Waals surface area (Å²) in [5.74, 6) is 15.6. The van der Waals surface area contributed by atoms with Crippen molar-refractivity contribution in [1.82, 2.24) is 0 Å². The van der Waals surface area contributed by atoms with Crippen LogP contribution in [0.5, 0.6) is 23.0 Å². The summed E-state index contributed by atoms with van der Waals surface area (Å²) < 4.78 is 21.7. The van der Waals surface area contributed by atoms with Gasteiger partial charge in [0.1, 0.15) is 24.7 Å². The molecule has 1 heterocycles. The van der Waals surface area contributed by atoms with Crippen LogP contribution in [0.3, 0.4) is 0 Å². The van der Waals surface area contributed by atoms with Crippen LogP contribution in [0.2, 0.25) is 0 Å². The van der Waals surface area contributed by atoms with Gasteiger partial charge in [-0.25, -0.2) is 0 Å². The molecule has 0 unspecified atom stereocenters. The quantitative estimate of drug-likeness (QED) is 0.606. The average Bonchev–Trinajstić information content (AvgIpc) is 2.81. The molecular weight excluding hydrogens is 376 g/mol. The largest absolute Gasteiger partial charge is 0.497 e. The van der Waals surface area contributed by atoms with E-state index in [1.807, 2.05) is 60.7 Å². The number of hydrogen-bond acceptors (Lipinski definition) is 4. The fourth-order valence-electron chi connectivity index (χ4n) is 2.96. The van der Waals surface area contributed by atoms with Crippen LogP contribution < -0.4 is 18.9 Å². The summed E-state index contributed by atoms with van der Waals surface area (Å²) in [5, 5.41) is 0. The third-order valence-electron chi connectivity index (χ3n) is 4.46. The third kappa shape index (κ3) is 4.69. The van der Waals surface area contributed by atoms with Crippen LogP contribution in [0.15, 0.2) is 60.7 Å². The molecule has 148 valence electrons. The highest BCUT2D eigenvalue weighted by atomic mass is 16.6. The predicted octanol–water partition coefficient (Wildman–Crippen LogP) is 4.27. The maximum Gasteiger partial charge on any atom is 0.162 e. The highest BCUT2D eigenvalue weighted by Crippen LogP contribution is 2.30. The summed E-state index contributed by atoms with van der Waals surface area (Å²) in [5.41, 5.74) is 3.46. The van der Waals surface area contributed by atoms with E-state index in [1.165, 1.54) is 0 Å². The molecule has 1 aliphatic heterocycles. The van der Waals surface area contributed by atoms with Crippen LogP contribution in [-0.2, 0) is 0 Å². The second-order valence-corrected chi connectivity index (χ2v) is 6.54. The second-order valence-electron chi connectivity index (χ2n) is 6.54. The molecular formula is C26H20O4. The van der Waals surface area contributed by atoms with Crippen LogP contribution in [-0.4, -0.2) is 27.4 Å². The SMILES string of the molecule is COc1cc(C#Cc2cccc(C#Cc3ccc4c(c3)OCCO4)c2)cc(OC)c1. The first-order chi connectivity index (χ1) is 14.7. The number of hydrogen-bond donors (Lipinski definition) is 0. The number of ether oxygens (including phenoxy) is 4. The number of rotatable bonds is 2. The predicted molar refractivity (Wildman–Crippen MR) is 115 cm³/mol. The van der Waals surface area contributed by atoms with Gasteiger partial charge in [-0.2, -0.15) is 0 Å². The Morgan fingerprint density at radius 1 is 0.600 bits per heavy atom. The molecule has 0 spiro atoms. The van der Waals surface area contributed by atoms with Crippen molar-refractivity contribution in [1.29, 1.82) is 0 Å². The normalized spacial score (nSPS) is 11.4. The van der Waals surface area contributed by atoms with Crippen molar-refractivity contribution in [2.75, 3.05) is 27.4 Å². The molecule has 0 amide bonds. The van der Waals surface area contributed by atoms with E-state index in [4.69, 9.17) is 18.9 Å². The Morgan fingerprint density at radius 2 is 1.17 bits per heavy atom. The molecule has 1 aliphatic rings. The van der Waals surface area contributed by atoms with Crippen molar-refractivity contribution in [2.45, 2.75) is 0 Å². The van der Waals surface area contributed by atoms with Gasteiger partial charge in [-0.3, -0.25) is 0 Å². The minimum absolute atomic E-state index is 0.559. The summed E-state index contributed by atoms with van der Waals surface area (Å²) >= 11 is 0. The van der Waals surface area contributed by atoms with E-state index in [2.05, 4.69) is 23.7 Å². The molecule has 0 aliphatic carbocycles. The smallest absolute Gasteiger partial charge is 0.162 e. The molecule has 4 nitrogen and oxygen atoms in total. The summed E-state index contributed by atoms with van der Waals surface area (Å²) in [6, 6.07) is 19.1. The van der Waals surface area contributed by atoms with Crippen molar-refractivity contribution < 1.29 is 18.9 Å². The van der Waals surface area contributed by atoms with Crippen LogP contribution in [0.1, 0.15) is 22.3 Å². The van der Waals surface area contributed by atoms with E-state index in [9.17, 15) is 0 Å². The van der Waals surface area contributed by atoms with Gasteiger partial charge in [0.25, 0.3) is 0 Å². The number of benzene rings is 3. The lowest BCUT2D eigenvalue weighted by Crippen LogP contribution is -2.15. The lowest BCUT2D eigenvalue weighted by Gasteiger charge is -2.17. The Bertz CT molecular complexity index is 1170. The van der Waals surface area contributed by atoms with Gasteiger partial charge in [0.05, 0.1) is 14.2 Å². The van der Waals surface area contributed by atoms with Crippen molar-refractivity contribution in [3.8, 4) is 46.7 Å². The Morgan fingerprint density at radius 3 is 1.80 bits per heavy atom. The van der Waals surface area contributed by atoms with Gasteiger partial charge in [0.2, 0.25) is 0 Å². The first kappa shape index (κ1) is 19.3. The first-order valence-electron chi connectivity index (χ1n) is 9.50. The van der Waals surface area contributed by atoms with E-state index in [1.54, 1.807) is 14.2 Å². The summed E-state index contributed by atoms with van der Waals surface area (Å²) in [7, 11) is 3.24. The van der Waals surface area contributed by atoms with Gasteiger partial charge in [0.15, 0.2) is 11.5 Å². The molecule has 30 heavy (non-hydrogen) atoms. The monoisotopic (exact) mass is 396 g/mol. The van der Waals surface area contributed by atoms with Gasteiger partial charge in [-0.1, -0.05) is 29.7 Å². The lowest BCUT2D eigenvalue weighted by molar-refractivity contribution is 0.171. The van der Waals surface area contributed by atoms with E-state index < -0.39 is 0 Å². The average molecular weight is 396 g/mol. The molecule has 0 saturated carbocycles. The van der Waals surface area contributed by atoms with Crippen LogP contribution in [0.25, 0.3) is 0 Å². The number of methoxy groups -OCH3 is 2. The van der Waals surface area contributed by atoms with E-state index in [0.29, 0.717) is 24.7 Å². The van der Waals surface area contributed by atoms with E-state index in [0.717, 1.165) is 33.8 Å². The van der Waals surface area contributed by atoms with Gasteiger partial charge in [0, 0.05) is 28.3 Å². The second kappa shape index (κ2) is 8.99.